The molecule has 1 fully saturated rings. The molecule has 0 aromatic heterocycles. The number of methoxy groups -OCH3 is 1. The van der Waals surface area contributed by atoms with E-state index in [0.717, 1.165) is 31.3 Å². The Balaban J connectivity index is 1.94. The molecule has 0 unspecified atom stereocenters. The molecule has 0 radical (unpaired) electrons. The molecule has 0 heterocycles. The van der Waals surface area contributed by atoms with Crippen molar-refractivity contribution in [3.05, 3.63) is 29.8 Å². The van der Waals surface area contributed by atoms with Crippen LogP contribution in [0.25, 0.3) is 0 Å². The third-order valence-corrected chi connectivity index (χ3v) is 4.96. The number of hydrogen-bond acceptors (Lipinski definition) is 3. The van der Waals surface area contributed by atoms with Gasteiger partial charge in [0.1, 0.15) is 5.75 Å². The van der Waals surface area contributed by atoms with Crippen molar-refractivity contribution in [2.45, 2.75) is 39.2 Å². The zero-order chi connectivity index (χ0) is 15.3. The molecule has 0 aliphatic heterocycles. The van der Waals surface area contributed by atoms with Gasteiger partial charge in [0.25, 0.3) is 0 Å². The predicted molar refractivity (Wildman–Crippen MR) is 88.4 cm³/mol. The summed E-state index contributed by atoms with van der Waals surface area (Å²) < 4.78 is 5.30. The van der Waals surface area contributed by atoms with Crippen LogP contribution in [0, 0.1) is 11.3 Å². The first-order chi connectivity index (χ1) is 10.1. The van der Waals surface area contributed by atoms with Gasteiger partial charge in [-0.1, -0.05) is 31.9 Å². The summed E-state index contributed by atoms with van der Waals surface area (Å²) >= 11 is 0. The first-order valence-electron chi connectivity index (χ1n) is 8.08. The normalized spacial score (nSPS) is 26.0. The van der Waals surface area contributed by atoms with E-state index in [0.29, 0.717) is 5.41 Å². The van der Waals surface area contributed by atoms with Crippen molar-refractivity contribution in [2.24, 2.45) is 17.1 Å². The Morgan fingerprint density at radius 1 is 1.33 bits per heavy atom. The van der Waals surface area contributed by atoms with Gasteiger partial charge in [0.05, 0.1) is 7.11 Å². The first kappa shape index (κ1) is 16.3. The van der Waals surface area contributed by atoms with Gasteiger partial charge in [-0.15, -0.1) is 0 Å². The monoisotopic (exact) mass is 290 g/mol. The van der Waals surface area contributed by atoms with Crippen LogP contribution >= 0.6 is 0 Å². The summed E-state index contributed by atoms with van der Waals surface area (Å²) in [6, 6.07) is 8.34. The van der Waals surface area contributed by atoms with Crippen LogP contribution in [0.1, 0.15) is 38.2 Å². The van der Waals surface area contributed by atoms with Crippen LogP contribution in [0.5, 0.6) is 5.75 Å². The van der Waals surface area contributed by atoms with Crippen LogP contribution in [-0.4, -0.2) is 32.1 Å². The smallest absolute Gasteiger partial charge is 0.119 e. The van der Waals surface area contributed by atoms with Gasteiger partial charge in [-0.25, -0.2) is 0 Å². The zero-order valence-electron chi connectivity index (χ0n) is 13.8. The van der Waals surface area contributed by atoms with E-state index < -0.39 is 0 Å². The lowest BCUT2D eigenvalue weighted by Gasteiger charge is -2.41. The Labute approximate surface area is 129 Å². The molecule has 0 saturated heterocycles. The second-order valence-electron chi connectivity index (χ2n) is 6.91. The second-order valence-corrected chi connectivity index (χ2v) is 6.91. The maximum atomic E-state index is 6.12. The van der Waals surface area contributed by atoms with Crippen LogP contribution in [0.4, 0.5) is 0 Å². The Hall–Kier alpha value is -1.06. The maximum absolute atomic E-state index is 6.12. The van der Waals surface area contributed by atoms with Gasteiger partial charge in [-0.2, -0.15) is 0 Å². The maximum Gasteiger partial charge on any atom is 0.119 e. The summed E-state index contributed by atoms with van der Waals surface area (Å²) in [4.78, 5) is 2.41. The Bertz CT molecular complexity index is 439. The van der Waals surface area contributed by atoms with Crippen molar-refractivity contribution in [3.63, 3.8) is 0 Å². The second kappa shape index (κ2) is 7.28. The Morgan fingerprint density at radius 2 is 2.05 bits per heavy atom. The van der Waals surface area contributed by atoms with E-state index in [9.17, 15) is 0 Å². The summed E-state index contributed by atoms with van der Waals surface area (Å²) in [5, 5.41) is 0. The lowest BCUT2D eigenvalue weighted by molar-refractivity contribution is 0.105. The van der Waals surface area contributed by atoms with Crippen LogP contribution in [-0.2, 0) is 6.54 Å². The van der Waals surface area contributed by atoms with Crippen molar-refractivity contribution in [2.75, 3.05) is 27.2 Å². The molecule has 3 nitrogen and oxygen atoms in total. The van der Waals surface area contributed by atoms with Crippen LogP contribution < -0.4 is 10.5 Å². The fourth-order valence-electron chi connectivity index (χ4n) is 3.51. The van der Waals surface area contributed by atoms with E-state index in [1.807, 2.05) is 6.07 Å². The zero-order valence-corrected chi connectivity index (χ0v) is 13.8. The quantitative estimate of drug-likeness (QED) is 0.874. The summed E-state index contributed by atoms with van der Waals surface area (Å²) in [5.74, 6) is 1.80. The molecule has 0 atom stereocenters. The van der Waals surface area contributed by atoms with Crippen molar-refractivity contribution >= 4 is 0 Å². The summed E-state index contributed by atoms with van der Waals surface area (Å²) in [5.41, 5.74) is 7.74. The minimum Gasteiger partial charge on any atom is -0.497 e. The number of benzene rings is 1. The molecule has 21 heavy (non-hydrogen) atoms. The number of nitrogens with two attached hydrogens (primary N) is 1. The molecule has 1 aromatic carbocycles. The largest absolute Gasteiger partial charge is 0.497 e. The average molecular weight is 290 g/mol. The third-order valence-electron chi connectivity index (χ3n) is 4.96. The Morgan fingerprint density at radius 3 is 2.67 bits per heavy atom. The molecule has 118 valence electrons. The highest BCUT2D eigenvalue weighted by Gasteiger charge is 2.33. The topological polar surface area (TPSA) is 38.5 Å². The van der Waals surface area contributed by atoms with E-state index in [4.69, 9.17) is 10.5 Å². The highest BCUT2D eigenvalue weighted by atomic mass is 16.5. The molecule has 3 heteroatoms. The lowest BCUT2D eigenvalue weighted by Crippen LogP contribution is -2.43. The van der Waals surface area contributed by atoms with Crippen molar-refractivity contribution in [1.29, 1.82) is 0 Å². The summed E-state index contributed by atoms with van der Waals surface area (Å²) in [6.45, 7) is 5.21. The molecule has 2 rings (SSSR count). The highest BCUT2D eigenvalue weighted by Crippen LogP contribution is 2.38. The summed E-state index contributed by atoms with van der Waals surface area (Å²) in [6.07, 6.45) is 5.19. The van der Waals surface area contributed by atoms with Crippen molar-refractivity contribution < 1.29 is 4.74 Å². The lowest BCUT2D eigenvalue weighted by atomic mass is 9.70. The Kier molecular flexibility index (Phi) is 5.65. The average Bonchev–Trinajstić information content (AvgIpc) is 2.50. The van der Waals surface area contributed by atoms with Crippen molar-refractivity contribution in [1.82, 2.24) is 4.90 Å². The molecule has 1 aliphatic rings. The van der Waals surface area contributed by atoms with Crippen molar-refractivity contribution in [3.8, 4) is 5.75 Å². The van der Waals surface area contributed by atoms with E-state index in [-0.39, 0.29) is 0 Å². The van der Waals surface area contributed by atoms with E-state index in [2.05, 4.69) is 37.1 Å². The molecule has 0 bridgehead atoms. The van der Waals surface area contributed by atoms with Gasteiger partial charge in [-0.3, -0.25) is 0 Å². The fourth-order valence-corrected chi connectivity index (χ4v) is 3.51. The molecular weight excluding hydrogens is 260 g/mol. The predicted octanol–water partition coefficient (Wildman–Crippen LogP) is 3.28. The highest BCUT2D eigenvalue weighted by molar-refractivity contribution is 5.28. The fraction of sp³-hybridized carbons (Fsp3) is 0.667. The molecule has 1 aromatic rings. The van der Waals surface area contributed by atoms with E-state index in [1.165, 1.54) is 31.2 Å². The molecule has 2 N–H and O–H groups in total. The number of hydrogen-bond donors (Lipinski definition) is 1. The molecular formula is C18H30N2O. The van der Waals surface area contributed by atoms with Gasteiger partial charge < -0.3 is 15.4 Å². The number of nitrogens with zero attached hydrogens (tertiary/aromatic N) is 1. The third kappa shape index (κ3) is 4.45. The van der Waals surface area contributed by atoms with Gasteiger partial charge in [0, 0.05) is 13.1 Å². The van der Waals surface area contributed by atoms with Gasteiger partial charge in [-0.05, 0) is 55.5 Å². The van der Waals surface area contributed by atoms with Crippen LogP contribution in [0.2, 0.25) is 0 Å². The van der Waals surface area contributed by atoms with Crippen LogP contribution in [0.15, 0.2) is 24.3 Å². The SMILES string of the molecule is COc1cccc(CN(C)CC2(CN)CCC(C)CC2)c1. The number of rotatable bonds is 6. The molecule has 0 amide bonds. The number of ether oxygens (including phenoxy) is 1. The van der Waals surface area contributed by atoms with E-state index >= 15 is 0 Å². The first-order valence-corrected chi connectivity index (χ1v) is 8.08. The van der Waals surface area contributed by atoms with Gasteiger partial charge >= 0.3 is 0 Å². The summed E-state index contributed by atoms with van der Waals surface area (Å²) in [7, 11) is 3.92. The van der Waals surface area contributed by atoms with Crippen LogP contribution in [0.3, 0.4) is 0 Å². The van der Waals surface area contributed by atoms with Gasteiger partial charge in [0.2, 0.25) is 0 Å². The van der Waals surface area contributed by atoms with Gasteiger partial charge in [0.15, 0.2) is 0 Å². The molecule has 1 saturated carbocycles. The minimum absolute atomic E-state index is 0.320. The minimum atomic E-state index is 0.320. The molecule has 1 aliphatic carbocycles. The molecule has 0 spiro atoms. The standard InChI is InChI=1S/C18H30N2O/c1-15-7-9-18(13-19,10-8-15)14-20(2)12-16-5-4-6-17(11-16)21-3/h4-6,11,15H,7-10,12-14,19H2,1-3H3. The van der Waals surface area contributed by atoms with E-state index in [1.54, 1.807) is 7.11 Å².